The van der Waals surface area contributed by atoms with Crippen LogP contribution in [0.1, 0.15) is 18.9 Å². The first-order valence-electron chi connectivity index (χ1n) is 4.94. The molecule has 3 nitrogen and oxygen atoms in total. The molecule has 1 unspecified atom stereocenters. The predicted molar refractivity (Wildman–Crippen MR) is 58.8 cm³/mol. The summed E-state index contributed by atoms with van der Waals surface area (Å²) < 4.78 is 5.37. The highest BCUT2D eigenvalue weighted by molar-refractivity contribution is 5.39. The zero-order chi connectivity index (χ0) is 10.4. The van der Waals surface area contributed by atoms with E-state index < -0.39 is 0 Å². The van der Waals surface area contributed by atoms with Gasteiger partial charge in [0.15, 0.2) is 0 Å². The van der Waals surface area contributed by atoms with Crippen LogP contribution in [0, 0.1) is 0 Å². The normalized spacial score (nSPS) is 12.7. The molecule has 1 rings (SSSR count). The fourth-order valence-electron chi connectivity index (χ4n) is 1.21. The quantitative estimate of drug-likeness (QED) is 0.552. The molecule has 1 aromatic rings. The van der Waals surface area contributed by atoms with Crippen LogP contribution in [0.5, 0.6) is 0 Å². The summed E-state index contributed by atoms with van der Waals surface area (Å²) in [4.78, 5) is 0. The highest BCUT2D eigenvalue weighted by atomic mass is 16.5. The van der Waals surface area contributed by atoms with Gasteiger partial charge in [-0.2, -0.15) is 0 Å². The van der Waals surface area contributed by atoms with Gasteiger partial charge >= 0.3 is 0 Å². The monoisotopic (exact) mass is 194 g/mol. The third-order valence-electron chi connectivity index (χ3n) is 1.95. The average Bonchev–Trinajstić information content (AvgIpc) is 2.18. The Balaban J connectivity index is 2.39. The molecule has 14 heavy (non-hydrogen) atoms. The largest absolute Gasteiger partial charge is 0.399 e. The number of anilines is 1. The average molecular weight is 194 g/mol. The summed E-state index contributed by atoms with van der Waals surface area (Å²) in [6.45, 7) is 2.78. The zero-order valence-corrected chi connectivity index (χ0v) is 8.57. The van der Waals surface area contributed by atoms with E-state index in [4.69, 9.17) is 16.2 Å². The molecular formula is C11H18N2O. The highest BCUT2D eigenvalue weighted by Crippen LogP contribution is 2.07. The Morgan fingerprint density at radius 1 is 1.29 bits per heavy atom. The van der Waals surface area contributed by atoms with Crippen LogP contribution in [-0.4, -0.2) is 12.8 Å². The van der Waals surface area contributed by atoms with Gasteiger partial charge in [0.1, 0.15) is 6.23 Å². The Kier molecular flexibility index (Phi) is 4.43. The second kappa shape index (κ2) is 5.62. The molecule has 78 valence electrons. The number of nitrogen functional groups attached to an aromatic ring is 1. The highest BCUT2D eigenvalue weighted by Gasteiger charge is 2.02. The lowest BCUT2D eigenvalue weighted by Gasteiger charge is -2.12. The van der Waals surface area contributed by atoms with Gasteiger partial charge in [-0.3, -0.25) is 0 Å². The minimum Gasteiger partial charge on any atom is -0.399 e. The second-order valence-electron chi connectivity index (χ2n) is 3.35. The van der Waals surface area contributed by atoms with E-state index in [9.17, 15) is 0 Å². The maximum atomic E-state index is 5.78. The summed E-state index contributed by atoms with van der Waals surface area (Å²) in [5.74, 6) is 0. The van der Waals surface area contributed by atoms with Crippen molar-refractivity contribution in [2.75, 3.05) is 12.3 Å². The number of hydrogen-bond acceptors (Lipinski definition) is 3. The molecule has 4 N–H and O–H groups in total. The standard InChI is InChI=1S/C11H18N2O/c1-2-7-14-11(13)8-9-3-5-10(12)6-4-9/h3-6,11H,2,7-8,12-13H2,1H3. The van der Waals surface area contributed by atoms with Gasteiger partial charge in [0.25, 0.3) is 0 Å². The van der Waals surface area contributed by atoms with E-state index in [1.165, 1.54) is 0 Å². The first-order chi connectivity index (χ1) is 6.72. The van der Waals surface area contributed by atoms with Crippen molar-refractivity contribution in [1.82, 2.24) is 0 Å². The van der Waals surface area contributed by atoms with E-state index in [1.807, 2.05) is 24.3 Å². The maximum Gasteiger partial charge on any atom is 0.109 e. The molecule has 0 bridgehead atoms. The van der Waals surface area contributed by atoms with Gasteiger partial charge in [0, 0.05) is 18.7 Å². The van der Waals surface area contributed by atoms with Crippen molar-refractivity contribution in [3.8, 4) is 0 Å². The van der Waals surface area contributed by atoms with Crippen LogP contribution in [0.15, 0.2) is 24.3 Å². The fourth-order valence-corrected chi connectivity index (χ4v) is 1.21. The molecule has 1 aromatic carbocycles. The van der Waals surface area contributed by atoms with Gasteiger partial charge in [-0.05, 0) is 24.1 Å². The van der Waals surface area contributed by atoms with Crippen LogP contribution in [0.25, 0.3) is 0 Å². The number of nitrogens with two attached hydrogens (primary N) is 2. The molecule has 0 aliphatic rings. The molecule has 0 saturated heterocycles. The molecule has 0 radical (unpaired) electrons. The van der Waals surface area contributed by atoms with Crippen molar-refractivity contribution in [3.63, 3.8) is 0 Å². The molecule has 0 aromatic heterocycles. The molecule has 0 aliphatic heterocycles. The van der Waals surface area contributed by atoms with E-state index in [0.29, 0.717) is 0 Å². The summed E-state index contributed by atoms with van der Waals surface area (Å²) in [5.41, 5.74) is 13.3. The van der Waals surface area contributed by atoms with Crippen molar-refractivity contribution in [2.24, 2.45) is 5.73 Å². The lowest BCUT2D eigenvalue weighted by Crippen LogP contribution is -2.26. The zero-order valence-electron chi connectivity index (χ0n) is 8.57. The van der Waals surface area contributed by atoms with Gasteiger partial charge in [0.05, 0.1) is 0 Å². The Labute approximate surface area is 85.0 Å². The molecule has 0 fully saturated rings. The Bertz CT molecular complexity index is 258. The van der Waals surface area contributed by atoms with Crippen LogP contribution in [0.2, 0.25) is 0 Å². The minimum atomic E-state index is -0.210. The summed E-state index contributed by atoms with van der Waals surface area (Å²) >= 11 is 0. The lowest BCUT2D eigenvalue weighted by atomic mass is 10.1. The van der Waals surface area contributed by atoms with Gasteiger partial charge in [-0.15, -0.1) is 0 Å². The van der Waals surface area contributed by atoms with Crippen molar-refractivity contribution in [2.45, 2.75) is 26.0 Å². The Hall–Kier alpha value is -1.06. The van der Waals surface area contributed by atoms with E-state index in [0.717, 1.165) is 30.7 Å². The number of ether oxygens (including phenoxy) is 1. The molecule has 0 amide bonds. The SMILES string of the molecule is CCCOC(N)Cc1ccc(N)cc1. The van der Waals surface area contributed by atoms with Crippen LogP contribution in [0.4, 0.5) is 5.69 Å². The van der Waals surface area contributed by atoms with Crippen molar-refractivity contribution >= 4 is 5.69 Å². The molecule has 0 heterocycles. The van der Waals surface area contributed by atoms with E-state index in [2.05, 4.69) is 6.92 Å². The fraction of sp³-hybridized carbons (Fsp3) is 0.455. The number of benzene rings is 1. The smallest absolute Gasteiger partial charge is 0.109 e. The summed E-state index contributed by atoms with van der Waals surface area (Å²) in [7, 11) is 0. The van der Waals surface area contributed by atoms with Crippen molar-refractivity contribution in [1.29, 1.82) is 0 Å². The van der Waals surface area contributed by atoms with Gasteiger partial charge in [0.2, 0.25) is 0 Å². The molecule has 3 heteroatoms. The molecule has 0 aliphatic carbocycles. The topological polar surface area (TPSA) is 61.3 Å². The van der Waals surface area contributed by atoms with Crippen molar-refractivity contribution in [3.05, 3.63) is 29.8 Å². The molecule has 1 atom stereocenters. The van der Waals surface area contributed by atoms with E-state index in [-0.39, 0.29) is 6.23 Å². The lowest BCUT2D eigenvalue weighted by molar-refractivity contribution is 0.0586. The van der Waals surface area contributed by atoms with Gasteiger partial charge < -0.3 is 16.2 Å². The van der Waals surface area contributed by atoms with Crippen molar-refractivity contribution < 1.29 is 4.74 Å². The first kappa shape index (κ1) is 11.0. The summed E-state index contributed by atoms with van der Waals surface area (Å²) in [5, 5.41) is 0. The molecule has 0 spiro atoms. The predicted octanol–water partition coefficient (Wildman–Crippen LogP) is 1.52. The Morgan fingerprint density at radius 3 is 2.50 bits per heavy atom. The Morgan fingerprint density at radius 2 is 1.93 bits per heavy atom. The minimum absolute atomic E-state index is 0.210. The van der Waals surface area contributed by atoms with Crippen LogP contribution in [0.3, 0.4) is 0 Å². The molecular weight excluding hydrogens is 176 g/mol. The van der Waals surface area contributed by atoms with E-state index >= 15 is 0 Å². The van der Waals surface area contributed by atoms with Crippen LogP contribution < -0.4 is 11.5 Å². The van der Waals surface area contributed by atoms with Gasteiger partial charge in [-0.25, -0.2) is 0 Å². The van der Waals surface area contributed by atoms with E-state index in [1.54, 1.807) is 0 Å². The third-order valence-corrected chi connectivity index (χ3v) is 1.95. The summed E-state index contributed by atoms with van der Waals surface area (Å²) in [6, 6.07) is 7.71. The van der Waals surface area contributed by atoms with Crippen LogP contribution in [-0.2, 0) is 11.2 Å². The first-order valence-corrected chi connectivity index (χ1v) is 4.94. The van der Waals surface area contributed by atoms with Gasteiger partial charge in [-0.1, -0.05) is 19.1 Å². The second-order valence-corrected chi connectivity index (χ2v) is 3.35. The molecule has 0 saturated carbocycles. The summed E-state index contributed by atoms with van der Waals surface area (Å²) in [6.07, 6.45) is 1.52. The third kappa shape index (κ3) is 3.77. The number of rotatable bonds is 5. The van der Waals surface area contributed by atoms with Crippen LogP contribution >= 0.6 is 0 Å². The number of hydrogen-bond donors (Lipinski definition) is 2. The maximum absolute atomic E-state index is 5.78.